The SMILES string of the molecule is CC(C)(CNCC(O)c1c(F)cccc1F)S(C)(=O)=O. The molecule has 0 saturated heterocycles. The Hall–Kier alpha value is -1.05. The Morgan fingerprint density at radius 2 is 1.80 bits per heavy atom. The summed E-state index contributed by atoms with van der Waals surface area (Å²) < 4.78 is 48.8. The van der Waals surface area contributed by atoms with Crippen LogP contribution < -0.4 is 5.32 Å². The zero-order valence-corrected chi connectivity index (χ0v) is 12.5. The highest BCUT2D eigenvalue weighted by molar-refractivity contribution is 7.92. The van der Waals surface area contributed by atoms with Crippen LogP contribution in [0.5, 0.6) is 0 Å². The molecule has 0 aromatic heterocycles. The summed E-state index contributed by atoms with van der Waals surface area (Å²) in [6.07, 6.45) is -0.270. The van der Waals surface area contributed by atoms with Crippen molar-refractivity contribution in [3.05, 3.63) is 35.4 Å². The Labute approximate surface area is 117 Å². The van der Waals surface area contributed by atoms with Gasteiger partial charge in [0.15, 0.2) is 9.84 Å². The molecule has 0 bridgehead atoms. The Kier molecular flexibility index (Phi) is 5.23. The van der Waals surface area contributed by atoms with Gasteiger partial charge in [-0.15, -0.1) is 0 Å². The van der Waals surface area contributed by atoms with Crippen molar-refractivity contribution in [1.29, 1.82) is 0 Å². The van der Waals surface area contributed by atoms with E-state index in [9.17, 15) is 22.3 Å². The predicted molar refractivity (Wildman–Crippen MR) is 73.1 cm³/mol. The van der Waals surface area contributed by atoms with Gasteiger partial charge >= 0.3 is 0 Å². The van der Waals surface area contributed by atoms with Crippen molar-refractivity contribution in [2.45, 2.75) is 24.7 Å². The smallest absolute Gasteiger partial charge is 0.153 e. The summed E-state index contributed by atoms with van der Waals surface area (Å²) in [6.45, 7) is 2.99. The molecule has 1 aromatic carbocycles. The molecular formula is C13H19F2NO3S. The maximum Gasteiger partial charge on any atom is 0.153 e. The Balaban J connectivity index is 2.68. The molecule has 1 aromatic rings. The molecule has 0 saturated carbocycles. The van der Waals surface area contributed by atoms with E-state index in [-0.39, 0.29) is 13.1 Å². The molecule has 0 spiro atoms. The third kappa shape index (κ3) is 3.97. The molecule has 0 aliphatic heterocycles. The fraction of sp³-hybridized carbons (Fsp3) is 0.538. The van der Waals surface area contributed by atoms with Crippen molar-refractivity contribution >= 4 is 9.84 Å². The molecule has 20 heavy (non-hydrogen) atoms. The van der Waals surface area contributed by atoms with Crippen LogP contribution in [-0.2, 0) is 9.84 Å². The summed E-state index contributed by atoms with van der Waals surface area (Å²) in [6, 6.07) is 3.32. The Morgan fingerprint density at radius 3 is 2.25 bits per heavy atom. The predicted octanol–water partition coefficient (Wildman–Crippen LogP) is 1.41. The first kappa shape index (κ1) is 17.0. The first-order valence-electron chi connectivity index (χ1n) is 6.08. The number of halogens is 2. The Morgan fingerprint density at radius 1 is 1.30 bits per heavy atom. The van der Waals surface area contributed by atoms with Gasteiger partial charge in [-0.3, -0.25) is 0 Å². The quantitative estimate of drug-likeness (QED) is 0.834. The van der Waals surface area contributed by atoms with Crippen LogP contribution in [0.3, 0.4) is 0 Å². The number of rotatable bonds is 6. The number of benzene rings is 1. The summed E-state index contributed by atoms with van der Waals surface area (Å²) in [7, 11) is -3.27. The second-order valence-electron chi connectivity index (χ2n) is 5.31. The second kappa shape index (κ2) is 6.15. The highest BCUT2D eigenvalue weighted by Gasteiger charge is 2.30. The molecule has 1 rings (SSSR count). The van der Waals surface area contributed by atoms with E-state index in [2.05, 4.69) is 5.32 Å². The van der Waals surface area contributed by atoms with Gasteiger partial charge in [0.05, 0.1) is 16.4 Å². The lowest BCUT2D eigenvalue weighted by Crippen LogP contribution is -2.42. The molecule has 0 aliphatic carbocycles. The van der Waals surface area contributed by atoms with Crippen LogP contribution in [0.2, 0.25) is 0 Å². The average Bonchev–Trinajstić information content (AvgIpc) is 2.26. The molecule has 0 radical (unpaired) electrons. The van der Waals surface area contributed by atoms with Crippen LogP contribution in [-0.4, -0.2) is 37.6 Å². The maximum absolute atomic E-state index is 13.4. The zero-order valence-electron chi connectivity index (χ0n) is 11.7. The minimum absolute atomic E-state index is 0.0684. The topological polar surface area (TPSA) is 66.4 Å². The summed E-state index contributed by atoms with van der Waals surface area (Å²) in [5.41, 5.74) is -0.419. The molecule has 0 fully saturated rings. The van der Waals surface area contributed by atoms with Crippen molar-refractivity contribution in [3.63, 3.8) is 0 Å². The van der Waals surface area contributed by atoms with Gasteiger partial charge < -0.3 is 10.4 Å². The zero-order chi connectivity index (χ0) is 15.6. The van der Waals surface area contributed by atoms with Crippen molar-refractivity contribution in [1.82, 2.24) is 5.32 Å². The van der Waals surface area contributed by atoms with Crippen molar-refractivity contribution in [3.8, 4) is 0 Å². The normalized spacial score (nSPS) is 14.3. The van der Waals surface area contributed by atoms with Crippen LogP contribution in [0, 0.1) is 11.6 Å². The van der Waals surface area contributed by atoms with Crippen LogP contribution in [0.4, 0.5) is 8.78 Å². The molecular weight excluding hydrogens is 288 g/mol. The lowest BCUT2D eigenvalue weighted by molar-refractivity contribution is 0.164. The van der Waals surface area contributed by atoms with E-state index >= 15 is 0 Å². The van der Waals surface area contributed by atoms with E-state index in [1.165, 1.54) is 19.9 Å². The van der Waals surface area contributed by atoms with Gasteiger partial charge in [0.25, 0.3) is 0 Å². The summed E-state index contributed by atoms with van der Waals surface area (Å²) in [5, 5.41) is 12.5. The van der Waals surface area contributed by atoms with E-state index < -0.39 is 37.9 Å². The average molecular weight is 307 g/mol. The highest BCUT2D eigenvalue weighted by Crippen LogP contribution is 2.20. The van der Waals surface area contributed by atoms with E-state index in [0.717, 1.165) is 18.4 Å². The molecule has 114 valence electrons. The van der Waals surface area contributed by atoms with Gasteiger partial charge in [-0.05, 0) is 26.0 Å². The minimum Gasteiger partial charge on any atom is -0.387 e. The molecule has 1 unspecified atom stereocenters. The standard InChI is InChI=1S/C13H19F2NO3S/c1-13(2,20(3,18)19)8-16-7-11(17)12-9(14)5-4-6-10(12)15/h4-6,11,16-17H,7-8H2,1-3H3. The molecule has 2 N–H and O–H groups in total. The monoisotopic (exact) mass is 307 g/mol. The van der Waals surface area contributed by atoms with Gasteiger partial charge in [0.2, 0.25) is 0 Å². The van der Waals surface area contributed by atoms with Crippen LogP contribution >= 0.6 is 0 Å². The number of hydrogen-bond donors (Lipinski definition) is 2. The molecule has 7 heteroatoms. The molecule has 0 heterocycles. The molecule has 4 nitrogen and oxygen atoms in total. The highest BCUT2D eigenvalue weighted by atomic mass is 32.2. The molecule has 0 amide bonds. The van der Waals surface area contributed by atoms with Gasteiger partial charge in [-0.1, -0.05) is 6.07 Å². The van der Waals surface area contributed by atoms with Crippen LogP contribution in [0.15, 0.2) is 18.2 Å². The summed E-state index contributed by atoms with van der Waals surface area (Å²) in [4.78, 5) is 0. The first-order valence-corrected chi connectivity index (χ1v) is 7.97. The van der Waals surface area contributed by atoms with E-state index in [4.69, 9.17) is 0 Å². The molecule has 1 atom stereocenters. The number of nitrogens with one attached hydrogen (secondary N) is 1. The number of aliphatic hydroxyl groups is 1. The lowest BCUT2D eigenvalue weighted by atomic mass is 10.1. The van der Waals surface area contributed by atoms with Crippen molar-refractivity contribution in [2.75, 3.05) is 19.3 Å². The van der Waals surface area contributed by atoms with Gasteiger partial charge in [0.1, 0.15) is 11.6 Å². The van der Waals surface area contributed by atoms with Gasteiger partial charge in [-0.2, -0.15) is 0 Å². The third-order valence-corrected chi connectivity index (χ3v) is 5.38. The maximum atomic E-state index is 13.4. The van der Waals surface area contributed by atoms with E-state index in [1.807, 2.05) is 0 Å². The second-order valence-corrected chi connectivity index (χ2v) is 7.96. The molecule has 0 aliphatic rings. The number of aliphatic hydroxyl groups excluding tert-OH is 1. The van der Waals surface area contributed by atoms with Crippen LogP contribution in [0.1, 0.15) is 25.5 Å². The van der Waals surface area contributed by atoms with Gasteiger partial charge in [-0.25, -0.2) is 17.2 Å². The van der Waals surface area contributed by atoms with E-state index in [0.29, 0.717) is 0 Å². The fourth-order valence-corrected chi connectivity index (χ4v) is 1.94. The lowest BCUT2D eigenvalue weighted by Gasteiger charge is -2.24. The van der Waals surface area contributed by atoms with Crippen LogP contribution in [0.25, 0.3) is 0 Å². The summed E-state index contributed by atoms with van der Waals surface area (Å²) in [5.74, 6) is -1.66. The van der Waals surface area contributed by atoms with Crippen molar-refractivity contribution < 1.29 is 22.3 Å². The third-order valence-electron chi connectivity index (χ3n) is 3.23. The Bertz CT molecular complexity index is 553. The van der Waals surface area contributed by atoms with E-state index in [1.54, 1.807) is 0 Å². The van der Waals surface area contributed by atoms with Gasteiger partial charge in [0, 0.05) is 19.3 Å². The largest absolute Gasteiger partial charge is 0.387 e. The number of sulfone groups is 1. The summed E-state index contributed by atoms with van der Waals surface area (Å²) >= 11 is 0. The van der Waals surface area contributed by atoms with Crippen molar-refractivity contribution in [2.24, 2.45) is 0 Å². The fourth-order valence-electron chi connectivity index (χ4n) is 1.57. The first-order chi connectivity index (χ1) is 9.06. The number of hydrogen-bond acceptors (Lipinski definition) is 4. The minimum atomic E-state index is -3.27.